The first-order chi connectivity index (χ1) is 5.34. The van der Waals surface area contributed by atoms with Gasteiger partial charge in [0.15, 0.2) is 0 Å². The highest BCUT2D eigenvalue weighted by Gasteiger charge is 1.93. The lowest BCUT2D eigenvalue weighted by atomic mass is 10.2. The van der Waals surface area contributed by atoms with Crippen LogP contribution in [0.1, 0.15) is 13.0 Å². The Morgan fingerprint density at radius 2 is 2.08 bits per heavy atom. The molecule has 1 rings (SSSR count). The average molecular weight is 166 g/mol. The summed E-state index contributed by atoms with van der Waals surface area (Å²) in [6, 6.07) is 7.44. The van der Waals surface area contributed by atoms with Gasteiger partial charge in [-0.05, 0) is 11.6 Å². The van der Waals surface area contributed by atoms with Crippen LogP contribution in [0.25, 0.3) is 0 Å². The molecule has 0 saturated carbocycles. The fourth-order valence-electron chi connectivity index (χ4n) is 0.847. The van der Waals surface area contributed by atoms with Crippen molar-refractivity contribution in [3.8, 4) is 0 Å². The second-order valence-corrected chi connectivity index (χ2v) is 2.20. The molecule has 0 saturated heterocycles. The lowest BCUT2D eigenvalue weighted by molar-refractivity contribution is -0.109. The standard InChI is InChI=1S/C8H10N2O.CH4/c9-8-4-2-1-3-7(8)5-10-6-11;/h1-4,6H,5,9H2,(H,10,11);1H4. The molecule has 0 spiro atoms. The van der Waals surface area contributed by atoms with E-state index >= 15 is 0 Å². The summed E-state index contributed by atoms with van der Waals surface area (Å²) in [5, 5.41) is 2.54. The smallest absolute Gasteiger partial charge is 0.207 e. The van der Waals surface area contributed by atoms with Crippen molar-refractivity contribution in [2.24, 2.45) is 0 Å². The van der Waals surface area contributed by atoms with Gasteiger partial charge in [0.05, 0.1) is 0 Å². The molecule has 1 amide bonds. The van der Waals surface area contributed by atoms with Crippen molar-refractivity contribution >= 4 is 12.1 Å². The maximum Gasteiger partial charge on any atom is 0.207 e. The number of amides is 1. The Hall–Kier alpha value is -1.51. The van der Waals surface area contributed by atoms with Crippen molar-refractivity contribution in [2.75, 3.05) is 5.73 Å². The molecule has 0 unspecified atom stereocenters. The van der Waals surface area contributed by atoms with E-state index < -0.39 is 0 Å². The fraction of sp³-hybridized carbons (Fsp3) is 0.222. The monoisotopic (exact) mass is 166 g/mol. The Kier molecular flexibility index (Phi) is 4.53. The molecule has 3 N–H and O–H groups in total. The van der Waals surface area contributed by atoms with E-state index in [4.69, 9.17) is 5.73 Å². The van der Waals surface area contributed by atoms with Gasteiger partial charge in [-0.25, -0.2) is 0 Å². The van der Waals surface area contributed by atoms with Gasteiger partial charge in [-0.1, -0.05) is 25.6 Å². The predicted octanol–water partition coefficient (Wildman–Crippen LogP) is 1.15. The van der Waals surface area contributed by atoms with Crippen LogP contribution < -0.4 is 11.1 Å². The normalized spacial score (nSPS) is 8.33. The summed E-state index contributed by atoms with van der Waals surface area (Å²) in [5.74, 6) is 0. The maximum absolute atomic E-state index is 9.94. The third kappa shape index (κ3) is 2.62. The summed E-state index contributed by atoms with van der Waals surface area (Å²) in [4.78, 5) is 9.94. The number of rotatable bonds is 3. The van der Waals surface area contributed by atoms with Crippen molar-refractivity contribution in [1.29, 1.82) is 0 Å². The molecule has 3 heteroatoms. The molecular formula is C9H14N2O. The topological polar surface area (TPSA) is 55.1 Å². The number of hydrogen-bond acceptors (Lipinski definition) is 2. The first-order valence-corrected chi connectivity index (χ1v) is 3.35. The van der Waals surface area contributed by atoms with Crippen LogP contribution in [0.2, 0.25) is 0 Å². The van der Waals surface area contributed by atoms with E-state index in [-0.39, 0.29) is 7.43 Å². The number of nitrogens with one attached hydrogen (secondary N) is 1. The molecule has 66 valence electrons. The van der Waals surface area contributed by atoms with Crippen LogP contribution in [0.3, 0.4) is 0 Å². The van der Waals surface area contributed by atoms with Crippen LogP contribution in [-0.2, 0) is 11.3 Å². The van der Waals surface area contributed by atoms with Gasteiger partial charge < -0.3 is 11.1 Å². The van der Waals surface area contributed by atoms with Crippen LogP contribution >= 0.6 is 0 Å². The zero-order valence-electron chi connectivity index (χ0n) is 6.08. The van der Waals surface area contributed by atoms with Crippen molar-refractivity contribution in [1.82, 2.24) is 5.32 Å². The number of nitrogen functional groups attached to an aromatic ring is 1. The summed E-state index contributed by atoms with van der Waals surface area (Å²) in [6.45, 7) is 0.496. The summed E-state index contributed by atoms with van der Waals surface area (Å²) >= 11 is 0. The quantitative estimate of drug-likeness (QED) is 0.522. The van der Waals surface area contributed by atoms with Gasteiger partial charge in [0.25, 0.3) is 0 Å². The summed E-state index contributed by atoms with van der Waals surface area (Å²) in [7, 11) is 0. The molecule has 0 radical (unpaired) electrons. The van der Waals surface area contributed by atoms with E-state index in [1.807, 2.05) is 24.3 Å². The highest BCUT2D eigenvalue weighted by atomic mass is 16.1. The third-order valence-corrected chi connectivity index (χ3v) is 1.43. The van der Waals surface area contributed by atoms with Gasteiger partial charge in [-0.3, -0.25) is 4.79 Å². The lowest BCUT2D eigenvalue weighted by Gasteiger charge is -2.02. The molecule has 0 fully saturated rings. The minimum atomic E-state index is 0. The van der Waals surface area contributed by atoms with Crippen LogP contribution in [0.4, 0.5) is 5.69 Å². The highest BCUT2D eigenvalue weighted by Crippen LogP contribution is 2.08. The van der Waals surface area contributed by atoms with Crippen LogP contribution in [-0.4, -0.2) is 6.41 Å². The Morgan fingerprint density at radius 1 is 1.42 bits per heavy atom. The number of carbonyl (C=O) groups excluding carboxylic acids is 1. The van der Waals surface area contributed by atoms with Gasteiger partial charge >= 0.3 is 0 Å². The minimum absolute atomic E-state index is 0. The average Bonchev–Trinajstić information content (AvgIpc) is 2.03. The van der Waals surface area contributed by atoms with Crippen LogP contribution in [0.5, 0.6) is 0 Å². The second-order valence-electron chi connectivity index (χ2n) is 2.20. The van der Waals surface area contributed by atoms with Crippen LogP contribution in [0, 0.1) is 0 Å². The Bertz CT molecular complexity index is 248. The number of nitrogens with two attached hydrogens (primary N) is 1. The summed E-state index contributed by atoms with van der Waals surface area (Å²) in [6.07, 6.45) is 0.659. The number of anilines is 1. The van der Waals surface area contributed by atoms with Gasteiger partial charge in [0.1, 0.15) is 0 Å². The molecular weight excluding hydrogens is 152 g/mol. The van der Waals surface area contributed by atoms with E-state index in [9.17, 15) is 4.79 Å². The first kappa shape index (κ1) is 10.5. The second kappa shape index (κ2) is 5.18. The minimum Gasteiger partial charge on any atom is -0.398 e. The maximum atomic E-state index is 9.94. The Morgan fingerprint density at radius 3 is 2.67 bits per heavy atom. The summed E-state index contributed by atoms with van der Waals surface area (Å²) in [5.41, 5.74) is 7.26. The molecule has 3 nitrogen and oxygen atoms in total. The van der Waals surface area contributed by atoms with Gasteiger partial charge in [0, 0.05) is 12.2 Å². The Labute approximate surface area is 72.6 Å². The Balaban J connectivity index is 0.00000121. The molecule has 0 aliphatic rings. The van der Waals surface area contributed by atoms with E-state index in [0.29, 0.717) is 18.6 Å². The van der Waals surface area contributed by atoms with Gasteiger partial charge in [0.2, 0.25) is 6.41 Å². The zero-order chi connectivity index (χ0) is 8.10. The van der Waals surface area contributed by atoms with Crippen molar-refractivity contribution in [2.45, 2.75) is 14.0 Å². The van der Waals surface area contributed by atoms with E-state index in [1.165, 1.54) is 0 Å². The molecule has 0 atom stereocenters. The van der Waals surface area contributed by atoms with Crippen LogP contribution in [0.15, 0.2) is 24.3 Å². The molecule has 0 heterocycles. The predicted molar refractivity (Wildman–Crippen MR) is 50.5 cm³/mol. The lowest BCUT2D eigenvalue weighted by Crippen LogP contribution is -2.11. The number of hydrogen-bond donors (Lipinski definition) is 2. The van der Waals surface area contributed by atoms with Gasteiger partial charge in [-0.15, -0.1) is 0 Å². The SMILES string of the molecule is C.Nc1ccccc1CNC=O. The van der Waals surface area contributed by atoms with Crippen molar-refractivity contribution in [3.63, 3.8) is 0 Å². The van der Waals surface area contributed by atoms with Gasteiger partial charge in [-0.2, -0.15) is 0 Å². The molecule has 12 heavy (non-hydrogen) atoms. The number of para-hydroxylation sites is 1. The molecule has 1 aromatic carbocycles. The van der Waals surface area contributed by atoms with E-state index in [0.717, 1.165) is 5.56 Å². The number of benzene rings is 1. The largest absolute Gasteiger partial charge is 0.398 e. The fourth-order valence-corrected chi connectivity index (χ4v) is 0.847. The van der Waals surface area contributed by atoms with E-state index in [1.54, 1.807) is 0 Å². The molecule has 0 aromatic heterocycles. The van der Waals surface area contributed by atoms with Crippen molar-refractivity contribution in [3.05, 3.63) is 29.8 Å². The molecule has 1 aromatic rings. The highest BCUT2D eigenvalue weighted by molar-refractivity contribution is 5.50. The third-order valence-electron chi connectivity index (χ3n) is 1.43. The van der Waals surface area contributed by atoms with Crippen molar-refractivity contribution < 1.29 is 4.79 Å². The number of carbonyl (C=O) groups is 1. The first-order valence-electron chi connectivity index (χ1n) is 3.35. The molecule has 0 bridgehead atoms. The molecule has 0 aliphatic heterocycles. The van der Waals surface area contributed by atoms with E-state index in [2.05, 4.69) is 5.32 Å². The molecule has 0 aliphatic carbocycles. The summed E-state index contributed by atoms with van der Waals surface area (Å²) < 4.78 is 0. The zero-order valence-corrected chi connectivity index (χ0v) is 6.08.